The summed E-state index contributed by atoms with van der Waals surface area (Å²) in [7, 11) is -0.547. The maximum atomic E-state index is 7.28. The molecule has 1 fully saturated rings. The van der Waals surface area contributed by atoms with E-state index in [1.807, 2.05) is 0 Å². The van der Waals surface area contributed by atoms with Gasteiger partial charge in [-0.25, -0.2) is 0 Å². The smallest absolute Gasteiger partial charge is 0.303 e. The second-order valence-electron chi connectivity index (χ2n) is 12.3. The molecule has 5 heteroatoms. The second-order valence-corrected chi connectivity index (χ2v) is 12.3. The van der Waals surface area contributed by atoms with Crippen LogP contribution in [0.15, 0.2) is 24.3 Å². The van der Waals surface area contributed by atoms with Gasteiger partial charge in [0.05, 0.1) is 11.2 Å². The topological polar surface area (TPSA) is 27.7 Å². The molecule has 0 spiro atoms. The van der Waals surface area contributed by atoms with E-state index in [1.165, 1.54) is 44.3 Å². The molecule has 2 aromatic rings. The Kier molecular flexibility index (Phi) is 6.55. The Bertz CT molecular complexity index is 944. The fourth-order valence-corrected chi connectivity index (χ4v) is 5.96. The van der Waals surface area contributed by atoms with Crippen molar-refractivity contribution in [1.29, 1.82) is 0 Å². The first kappa shape index (κ1) is 26.1. The van der Waals surface area contributed by atoms with E-state index < -0.39 is 30.1 Å². The molecule has 0 atom stereocenters. The van der Waals surface area contributed by atoms with Gasteiger partial charge in [-0.3, -0.25) is 0 Å². The molecule has 0 aliphatic carbocycles. The zero-order valence-electron chi connectivity index (χ0n) is 23.2. The largest absolute Gasteiger partial charge is 0.580 e. The zero-order chi connectivity index (χ0) is 25.1. The van der Waals surface area contributed by atoms with Crippen molar-refractivity contribution >= 4 is 24.2 Å². The van der Waals surface area contributed by atoms with Crippen LogP contribution in [0.3, 0.4) is 0 Å². The summed E-state index contributed by atoms with van der Waals surface area (Å²) in [5.74, 6) is 0. The van der Waals surface area contributed by atoms with Crippen molar-refractivity contribution in [3.8, 4) is 0 Å². The number of benzene rings is 2. The van der Waals surface area contributed by atoms with E-state index in [0.717, 1.165) is 0 Å². The number of hydrogen-bond acceptors (Lipinski definition) is 3. The van der Waals surface area contributed by atoms with Crippen LogP contribution >= 0.6 is 0 Å². The quantitative estimate of drug-likeness (QED) is 0.571. The number of hydrogen-bond donors (Lipinski definition) is 0. The Hall–Kier alpha value is -1.55. The zero-order valence-corrected chi connectivity index (χ0v) is 23.2. The summed E-state index contributed by atoms with van der Waals surface area (Å²) < 4.78 is 21.0. The van der Waals surface area contributed by atoms with E-state index in [1.54, 1.807) is 0 Å². The molecule has 0 unspecified atom stereocenters. The summed E-state index contributed by atoms with van der Waals surface area (Å²) in [5, 5.41) is 0. The molecule has 3 nitrogen and oxygen atoms in total. The predicted molar refractivity (Wildman–Crippen MR) is 143 cm³/mol. The third-order valence-corrected chi connectivity index (χ3v) is 7.53. The normalized spacial score (nSPS) is 18.2. The molecule has 3 rings (SSSR count). The molecule has 1 aliphatic heterocycles. The Labute approximate surface area is 202 Å². The first-order valence-electron chi connectivity index (χ1n) is 12.3. The monoisotopic (exact) mass is 449 g/mol. The minimum absolute atomic E-state index is 0.420. The fourth-order valence-electron chi connectivity index (χ4n) is 5.96. The minimum Gasteiger partial charge on any atom is -0.580 e. The first-order chi connectivity index (χ1) is 14.9. The molecule has 0 amide bonds. The summed E-state index contributed by atoms with van der Waals surface area (Å²) in [6.45, 7) is 28.0. The van der Waals surface area contributed by atoms with E-state index in [4.69, 9.17) is 14.0 Å². The highest BCUT2D eigenvalue weighted by Gasteiger charge is 2.58. The number of rotatable bonds is 4. The van der Waals surface area contributed by atoms with Gasteiger partial charge in [-0.1, -0.05) is 57.6 Å². The van der Waals surface area contributed by atoms with Crippen molar-refractivity contribution in [2.75, 3.05) is 0 Å². The number of aryl methyl sites for hydroxylation is 6. The lowest BCUT2D eigenvalue weighted by Gasteiger charge is -2.52. The molecular weight excluding hydrogens is 406 g/mol. The molecule has 0 radical (unpaired) electrons. The molecule has 0 saturated carbocycles. The maximum Gasteiger partial charge on any atom is 0.303 e. The van der Waals surface area contributed by atoms with Gasteiger partial charge in [0.1, 0.15) is 0 Å². The van der Waals surface area contributed by atoms with E-state index in [9.17, 15) is 0 Å². The highest BCUT2D eigenvalue weighted by Crippen LogP contribution is 2.41. The molecule has 33 heavy (non-hydrogen) atoms. The van der Waals surface area contributed by atoms with Gasteiger partial charge in [-0.05, 0) is 90.0 Å². The highest BCUT2D eigenvalue weighted by molar-refractivity contribution is 7.38. The molecular formula is C28H43B2O3-. The molecule has 2 aromatic carbocycles. The summed E-state index contributed by atoms with van der Waals surface area (Å²) >= 11 is 0. The van der Waals surface area contributed by atoms with Crippen molar-refractivity contribution in [1.82, 2.24) is 0 Å². The van der Waals surface area contributed by atoms with Crippen molar-refractivity contribution < 1.29 is 14.0 Å². The van der Waals surface area contributed by atoms with Crippen molar-refractivity contribution in [3.05, 3.63) is 57.6 Å². The van der Waals surface area contributed by atoms with E-state index in [2.05, 4.69) is 114 Å². The first-order valence-corrected chi connectivity index (χ1v) is 12.3. The lowest BCUT2D eigenvalue weighted by molar-refractivity contribution is 0.00578. The second kappa shape index (κ2) is 8.29. The van der Waals surface area contributed by atoms with Gasteiger partial charge in [0.15, 0.2) is 0 Å². The summed E-state index contributed by atoms with van der Waals surface area (Å²) in [5.41, 5.74) is 8.40. The van der Waals surface area contributed by atoms with Crippen molar-refractivity contribution in [3.63, 3.8) is 0 Å². The lowest BCUT2D eigenvalue weighted by atomic mass is 9.09. The van der Waals surface area contributed by atoms with Crippen LogP contribution in [0.25, 0.3) is 0 Å². The van der Waals surface area contributed by atoms with Crippen LogP contribution in [0.2, 0.25) is 0 Å². The van der Waals surface area contributed by atoms with Gasteiger partial charge in [0.2, 0.25) is 6.24 Å². The van der Waals surface area contributed by atoms with Crippen LogP contribution in [0.1, 0.15) is 81.8 Å². The molecule has 0 aromatic heterocycles. The van der Waals surface area contributed by atoms with Gasteiger partial charge < -0.3 is 14.0 Å². The Morgan fingerprint density at radius 2 is 0.970 bits per heavy atom. The molecule has 0 N–H and O–H groups in total. The third-order valence-electron chi connectivity index (χ3n) is 7.53. The van der Waals surface area contributed by atoms with Crippen LogP contribution < -0.4 is 10.9 Å². The van der Waals surface area contributed by atoms with Gasteiger partial charge >= 0.3 is 7.01 Å². The van der Waals surface area contributed by atoms with Crippen molar-refractivity contribution in [2.24, 2.45) is 0 Å². The summed E-state index contributed by atoms with van der Waals surface area (Å²) in [6.07, 6.45) is -1.91. The van der Waals surface area contributed by atoms with Crippen LogP contribution in [0, 0.1) is 41.5 Å². The van der Waals surface area contributed by atoms with Gasteiger partial charge in [0, 0.05) is 5.60 Å². The molecule has 1 saturated heterocycles. The predicted octanol–water partition coefficient (Wildman–Crippen LogP) is 5.58. The fraction of sp³-hybridized carbons (Fsp3) is 0.571. The molecule has 180 valence electrons. The SMILES string of the molecule is Cc1cc(C)c([B-](OC(C)(C)C)(B2OC(C)(C)C(C)(C)O2)c2c(C)cc(C)cc2C)c(C)c1. The van der Waals surface area contributed by atoms with Gasteiger partial charge in [-0.2, -0.15) is 10.9 Å². The Balaban J connectivity index is 2.51. The van der Waals surface area contributed by atoms with Gasteiger partial charge in [0.25, 0.3) is 0 Å². The van der Waals surface area contributed by atoms with Crippen LogP contribution in [-0.2, 0) is 14.0 Å². The molecule has 1 heterocycles. The van der Waals surface area contributed by atoms with E-state index in [0.29, 0.717) is 0 Å². The van der Waals surface area contributed by atoms with E-state index in [-0.39, 0.29) is 0 Å². The Morgan fingerprint density at radius 1 is 0.667 bits per heavy atom. The summed E-state index contributed by atoms with van der Waals surface area (Å²) in [4.78, 5) is 0. The van der Waals surface area contributed by atoms with Crippen molar-refractivity contribution in [2.45, 2.75) is 107 Å². The molecule has 1 aliphatic rings. The standard InChI is InChI=1S/C28H43B2O3/c1-18-14-20(3)24(21(4)15-18)30(33-26(7,8)9,25-22(5)16-19(2)17-23(25)6)29-31-27(10,11)28(12,13)32-29/h14-17H,1-13H3/q-1. The third kappa shape index (κ3) is 4.57. The van der Waals surface area contributed by atoms with Gasteiger partial charge in [-0.15, -0.1) is 0 Å². The van der Waals surface area contributed by atoms with Crippen LogP contribution in [0.4, 0.5) is 0 Å². The highest BCUT2D eigenvalue weighted by atomic mass is 16.7. The molecule has 0 bridgehead atoms. The maximum absolute atomic E-state index is 7.28. The Morgan fingerprint density at radius 3 is 1.24 bits per heavy atom. The van der Waals surface area contributed by atoms with Crippen LogP contribution in [-0.4, -0.2) is 30.1 Å². The average Bonchev–Trinajstić information content (AvgIpc) is 2.79. The minimum atomic E-state index is -1.91. The average molecular weight is 449 g/mol. The summed E-state index contributed by atoms with van der Waals surface area (Å²) in [6, 6.07) is 9.04. The lowest BCUT2D eigenvalue weighted by Crippen LogP contribution is -2.76. The van der Waals surface area contributed by atoms with Crippen LogP contribution in [0.5, 0.6) is 0 Å². The van der Waals surface area contributed by atoms with E-state index >= 15 is 0 Å².